The molecule has 3 aromatic rings. The number of rotatable bonds is 4. The number of fused-ring (bicyclic) bond motifs is 1. The summed E-state index contributed by atoms with van der Waals surface area (Å²) in [4.78, 5) is 24.7. The van der Waals surface area contributed by atoms with Gasteiger partial charge in [-0.2, -0.15) is 4.98 Å². The molecule has 7 nitrogen and oxygen atoms in total. The molecule has 3 heterocycles. The predicted molar refractivity (Wildman–Crippen MR) is 119 cm³/mol. The quantitative estimate of drug-likeness (QED) is 0.678. The zero-order valence-electron chi connectivity index (χ0n) is 17.0. The monoisotopic (exact) mass is 433 g/mol. The Balaban J connectivity index is 1.78. The van der Waals surface area contributed by atoms with E-state index in [2.05, 4.69) is 22.2 Å². The molecule has 1 fully saturated rings. The van der Waals surface area contributed by atoms with Crippen LogP contribution in [0.15, 0.2) is 16.9 Å². The predicted octanol–water partition coefficient (Wildman–Crippen LogP) is 3.53. The first-order valence-corrected chi connectivity index (χ1v) is 10.7. The van der Waals surface area contributed by atoms with Crippen LogP contribution in [0, 0.1) is 6.92 Å². The zero-order chi connectivity index (χ0) is 20.7. The van der Waals surface area contributed by atoms with E-state index in [0.29, 0.717) is 33.0 Å². The van der Waals surface area contributed by atoms with Gasteiger partial charge in [0.15, 0.2) is 10.8 Å². The highest BCUT2D eigenvalue weighted by molar-refractivity contribution is 7.22. The van der Waals surface area contributed by atoms with Crippen LogP contribution in [-0.4, -0.2) is 52.7 Å². The molecule has 4 rings (SSSR count). The van der Waals surface area contributed by atoms with Gasteiger partial charge in [0.25, 0.3) is 5.56 Å². The summed E-state index contributed by atoms with van der Waals surface area (Å²) in [5.41, 5.74) is 1.97. The second kappa shape index (κ2) is 7.93. The van der Waals surface area contributed by atoms with Gasteiger partial charge >= 0.3 is 0 Å². The van der Waals surface area contributed by atoms with Crippen LogP contribution < -0.4 is 15.6 Å². The Labute approximate surface area is 178 Å². The van der Waals surface area contributed by atoms with Crippen LogP contribution in [-0.2, 0) is 7.05 Å². The van der Waals surface area contributed by atoms with Gasteiger partial charge in [0.05, 0.1) is 12.7 Å². The van der Waals surface area contributed by atoms with Gasteiger partial charge in [-0.05, 0) is 51.1 Å². The number of likely N-dealkylation sites (tertiary alicyclic amines) is 1. The summed E-state index contributed by atoms with van der Waals surface area (Å²) in [7, 11) is 5.43. The number of hydrogen-bond donors (Lipinski definition) is 1. The number of thiazole rings is 1. The molecule has 0 amide bonds. The molecule has 2 aromatic heterocycles. The Bertz CT molecular complexity index is 1130. The minimum Gasteiger partial charge on any atom is -0.496 e. The second-order valence-corrected chi connectivity index (χ2v) is 8.95. The van der Waals surface area contributed by atoms with Crippen LogP contribution in [0.4, 0.5) is 5.13 Å². The fourth-order valence-electron chi connectivity index (χ4n) is 3.86. The number of piperidine rings is 1. The van der Waals surface area contributed by atoms with Crippen LogP contribution in [0.5, 0.6) is 5.75 Å². The molecular formula is C20H24ClN5O2S. The van der Waals surface area contributed by atoms with E-state index in [1.165, 1.54) is 11.3 Å². The van der Waals surface area contributed by atoms with Crippen molar-refractivity contribution in [3.05, 3.63) is 33.1 Å². The number of benzene rings is 1. The molecule has 0 aliphatic carbocycles. The highest BCUT2D eigenvalue weighted by atomic mass is 35.5. The van der Waals surface area contributed by atoms with Gasteiger partial charge in [-0.15, -0.1) is 0 Å². The maximum absolute atomic E-state index is 13.0. The third kappa shape index (κ3) is 3.84. The molecule has 1 aliphatic rings. The molecule has 1 saturated heterocycles. The van der Waals surface area contributed by atoms with Gasteiger partial charge in [-0.1, -0.05) is 22.9 Å². The highest BCUT2D eigenvalue weighted by Crippen LogP contribution is 2.35. The Morgan fingerprint density at radius 3 is 2.83 bits per heavy atom. The SMILES string of the molecule is COc1cc(Cl)cc(C)c1-c1nc2nc(N[C@@H]3CCCN(C)C3)sc2c(=O)n1C. The van der Waals surface area contributed by atoms with Gasteiger partial charge in [-0.3, -0.25) is 9.36 Å². The van der Waals surface area contributed by atoms with Crippen molar-refractivity contribution in [1.29, 1.82) is 0 Å². The van der Waals surface area contributed by atoms with Gasteiger partial charge in [0, 0.05) is 24.7 Å². The lowest BCUT2D eigenvalue weighted by Crippen LogP contribution is -2.39. The van der Waals surface area contributed by atoms with E-state index in [0.717, 1.165) is 42.2 Å². The van der Waals surface area contributed by atoms with E-state index in [9.17, 15) is 4.79 Å². The molecule has 0 bridgehead atoms. The van der Waals surface area contributed by atoms with E-state index in [-0.39, 0.29) is 5.56 Å². The minimum atomic E-state index is -0.118. The first-order valence-electron chi connectivity index (χ1n) is 9.54. The first kappa shape index (κ1) is 20.1. The van der Waals surface area contributed by atoms with Crippen molar-refractivity contribution in [2.24, 2.45) is 7.05 Å². The summed E-state index contributed by atoms with van der Waals surface area (Å²) in [6, 6.07) is 3.90. The molecule has 0 unspecified atom stereocenters. The van der Waals surface area contributed by atoms with Crippen LogP contribution in [0.2, 0.25) is 5.02 Å². The summed E-state index contributed by atoms with van der Waals surface area (Å²) in [5.74, 6) is 1.10. The molecule has 154 valence electrons. The number of nitrogens with one attached hydrogen (secondary N) is 1. The number of likely N-dealkylation sites (N-methyl/N-ethyl adjacent to an activating group) is 1. The number of aryl methyl sites for hydroxylation is 1. The van der Waals surface area contributed by atoms with Crippen molar-refractivity contribution >= 4 is 38.4 Å². The standard InChI is InChI=1S/C20H24ClN5O2S/c1-11-8-12(21)9-14(28-4)15(11)18-23-17-16(19(27)26(18)3)29-20(24-17)22-13-6-5-7-25(2)10-13/h8-9,13H,5-7,10H2,1-4H3,(H,22,24)/t13-/m1/s1. The van der Waals surface area contributed by atoms with Gasteiger partial charge in [0.2, 0.25) is 0 Å². The summed E-state index contributed by atoms with van der Waals surface area (Å²) >= 11 is 7.53. The second-order valence-electron chi connectivity index (χ2n) is 7.52. The molecule has 1 N–H and O–H groups in total. The minimum absolute atomic E-state index is 0.118. The Morgan fingerprint density at radius 1 is 1.31 bits per heavy atom. The molecule has 1 atom stereocenters. The number of nitrogens with zero attached hydrogens (tertiary/aromatic N) is 4. The van der Waals surface area contributed by atoms with Gasteiger partial charge in [0.1, 0.15) is 16.3 Å². The largest absolute Gasteiger partial charge is 0.496 e. The van der Waals surface area contributed by atoms with Crippen molar-refractivity contribution < 1.29 is 4.74 Å². The molecular weight excluding hydrogens is 410 g/mol. The molecule has 0 saturated carbocycles. The summed E-state index contributed by atoms with van der Waals surface area (Å²) in [6.07, 6.45) is 2.25. The topological polar surface area (TPSA) is 72.3 Å². The normalized spacial score (nSPS) is 17.6. The number of anilines is 1. The average Bonchev–Trinajstić information content (AvgIpc) is 3.07. The lowest BCUT2D eigenvalue weighted by Gasteiger charge is -2.29. The third-order valence-corrected chi connectivity index (χ3v) is 6.48. The van der Waals surface area contributed by atoms with E-state index in [1.807, 2.05) is 13.0 Å². The summed E-state index contributed by atoms with van der Waals surface area (Å²) < 4.78 is 7.61. The summed E-state index contributed by atoms with van der Waals surface area (Å²) in [5, 5.41) is 4.80. The van der Waals surface area contributed by atoms with Crippen molar-refractivity contribution in [3.8, 4) is 17.1 Å². The maximum Gasteiger partial charge on any atom is 0.273 e. The molecule has 0 radical (unpaired) electrons. The van der Waals surface area contributed by atoms with E-state index in [4.69, 9.17) is 21.3 Å². The number of hydrogen-bond acceptors (Lipinski definition) is 7. The fraction of sp³-hybridized carbons (Fsp3) is 0.450. The van der Waals surface area contributed by atoms with Crippen molar-refractivity contribution in [1.82, 2.24) is 19.4 Å². The Hall–Kier alpha value is -2.16. The molecule has 29 heavy (non-hydrogen) atoms. The summed E-state index contributed by atoms with van der Waals surface area (Å²) in [6.45, 7) is 4.01. The van der Waals surface area contributed by atoms with E-state index in [1.54, 1.807) is 24.8 Å². The Morgan fingerprint density at radius 2 is 2.10 bits per heavy atom. The lowest BCUT2D eigenvalue weighted by atomic mass is 10.1. The number of aromatic nitrogens is 3. The fourth-order valence-corrected chi connectivity index (χ4v) is 5.08. The van der Waals surface area contributed by atoms with E-state index < -0.39 is 0 Å². The Kier molecular flexibility index (Phi) is 5.50. The van der Waals surface area contributed by atoms with E-state index >= 15 is 0 Å². The van der Waals surface area contributed by atoms with Crippen molar-refractivity contribution in [2.75, 3.05) is 32.6 Å². The van der Waals surface area contributed by atoms with Crippen LogP contribution in [0.25, 0.3) is 21.7 Å². The van der Waals surface area contributed by atoms with Crippen molar-refractivity contribution in [3.63, 3.8) is 0 Å². The van der Waals surface area contributed by atoms with Crippen LogP contribution in [0.1, 0.15) is 18.4 Å². The van der Waals surface area contributed by atoms with Gasteiger partial charge in [-0.25, -0.2) is 4.98 Å². The van der Waals surface area contributed by atoms with Crippen LogP contribution >= 0.6 is 22.9 Å². The van der Waals surface area contributed by atoms with Crippen molar-refractivity contribution in [2.45, 2.75) is 25.8 Å². The average molecular weight is 434 g/mol. The zero-order valence-corrected chi connectivity index (χ0v) is 18.5. The maximum atomic E-state index is 13.0. The molecule has 1 aliphatic heterocycles. The number of methoxy groups -OCH3 is 1. The number of ether oxygens (including phenoxy) is 1. The molecule has 1 aromatic carbocycles. The van der Waals surface area contributed by atoms with Crippen LogP contribution in [0.3, 0.4) is 0 Å². The smallest absolute Gasteiger partial charge is 0.273 e. The molecule has 0 spiro atoms. The first-order chi connectivity index (χ1) is 13.9. The van der Waals surface area contributed by atoms with Gasteiger partial charge < -0.3 is 15.0 Å². The molecule has 9 heteroatoms. The third-order valence-electron chi connectivity index (χ3n) is 5.30. The highest BCUT2D eigenvalue weighted by Gasteiger charge is 2.22. The number of halogens is 1. The lowest BCUT2D eigenvalue weighted by molar-refractivity contribution is 0.261.